The molecule has 2 aliphatic heterocycles. The van der Waals surface area contributed by atoms with Gasteiger partial charge in [-0.25, -0.2) is 9.29 Å². The Labute approximate surface area is 279 Å². The molecule has 0 bridgehead atoms. The van der Waals surface area contributed by atoms with E-state index in [0.29, 0.717) is 21.9 Å². The Morgan fingerprint density at radius 2 is 1.47 bits per heavy atom. The highest BCUT2D eigenvalue weighted by atomic mass is 35.5. The summed E-state index contributed by atoms with van der Waals surface area (Å²) >= 11 is 15.0. The zero-order chi connectivity index (χ0) is 32.8. The number of alkyl halides is 2. The lowest BCUT2D eigenvalue weighted by molar-refractivity contribution is -0.141. The van der Waals surface area contributed by atoms with E-state index in [4.69, 9.17) is 23.2 Å². The van der Waals surface area contributed by atoms with Crippen LogP contribution in [0.1, 0.15) is 29.9 Å². The van der Waals surface area contributed by atoms with Crippen LogP contribution in [0, 0.1) is 23.6 Å². The first-order chi connectivity index (χ1) is 22.6. The van der Waals surface area contributed by atoms with Crippen LogP contribution in [0.25, 0.3) is 10.8 Å². The molecule has 4 aromatic rings. The predicted molar refractivity (Wildman–Crippen MR) is 174 cm³/mol. The highest BCUT2D eigenvalue weighted by molar-refractivity contribution is 6.58. The summed E-state index contributed by atoms with van der Waals surface area (Å²) in [7, 11) is 0. The van der Waals surface area contributed by atoms with Gasteiger partial charge in [-0.1, -0.05) is 72.3 Å². The first-order valence-corrected chi connectivity index (χ1v) is 16.1. The van der Waals surface area contributed by atoms with Crippen LogP contribution in [0.15, 0.2) is 103 Å². The lowest BCUT2D eigenvalue weighted by atomic mass is 9.56. The molecular weight excluding hydrogens is 642 g/mol. The van der Waals surface area contributed by atoms with E-state index in [2.05, 4.69) is 0 Å². The minimum Gasteiger partial charge on any atom is -0.507 e. The fraction of sp³-hybridized carbons (Fsp3) is 0.243. The highest BCUT2D eigenvalue weighted by Gasteiger charge is 2.76. The van der Waals surface area contributed by atoms with E-state index >= 15 is 0 Å². The normalized spacial score (nSPS) is 30.0. The van der Waals surface area contributed by atoms with Gasteiger partial charge in [0.2, 0.25) is 11.8 Å². The van der Waals surface area contributed by atoms with E-state index in [1.165, 1.54) is 23.1 Å². The van der Waals surface area contributed by atoms with Crippen LogP contribution in [0.5, 0.6) is 5.75 Å². The molecule has 7 nitrogen and oxygen atoms in total. The molecule has 3 fully saturated rings. The molecule has 0 aromatic heterocycles. The second kappa shape index (κ2) is 10.5. The minimum atomic E-state index is -2.07. The Kier molecular flexibility index (Phi) is 6.66. The van der Waals surface area contributed by atoms with Gasteiger partial charge >= 0.3 is 0 Å². The van der Waals surface area contributed by atoms with Gasteiger partial charge in [0.25, 0.3) is 11.8 Å². The number of halogens is 3. The maximum atomic E-state index is 14.6. The molecular formula is C37H27Cl2FN2O5. The van der Waals surface area contributed by atoms with Crippen LogP contribution < -0.4 is 4.90 Å². The van der Waals surface area contributed by atoms with Gasteiger partial charge in [-0.2, -0.15) is 0 Å². The van der Waals surface area contributed by atoms with E-state index in [-0.39, 0.29) is 42.6 Å². The largest absolute Gasteiger partial charge is 0.507 e. The molecule has 1 N–H and O–H groups in total. The van der Waals surface area contributed by atoms with Crippen molar-refractivity contribution in [3.63, 3.8) is 0 Å². The number of likely N-dealkylation sites (tertiary alicyclic amines) is 1. The van der Waals surface area contributed by atoms with Crippen molar-refractivity contribution in [1.82, 2.24) is 4.90 Å². The van der Waals surface area contributed by atoms with Crippen molar-refractivity contribution in [2.45, 2.75) is 35.1 Å². The molecule has 47 heavy (non-hydrogen) atoms. The lowest BCUT2D eigenvalue weighted by Crippen LogP contribution is -2.60. The number of hydrogen-bond acceptors (Lipinski definition) is 5. The number of nitrogens with zero attached hydrogens (tertiary/aromatic N) is 2. The highest BCUT2D eigenvalue weighted by Crippen LogP contribution is 2.66. The molecule has 0 radical (unpaired) electrons. The van der Waals surface area contributed by atoms with Crippen molar-refractivity contribution in [1.29, 1.82) is 0 Å². The molecule has 4 aliphatic rings. The number of amides is 4. The van der Waals surface area contributed by atoms with Gasteiger partial charge in [0, 0.05) is 11.3 Å². The van der Waals surface area contributed by atoms with Crippen LogP contribution in [-0.2, 0) is 25.7 Å². The van der Waals surface area contributed by atoms with Crippen molar-refractivity contribution in [3.05, 3.63) is 120 Å². The molecule has 2 heterocycles. The van der Waals surface area contributed by atoms with Gasteiger partial charge in [-0.3, -0.25) is 24.1 Å². The number of imide groups is 2. The first kappa shape index (κ1) is 29.8. The molecule has 8 rings (SSSR count). The fourth-order valence-electron chi connectivity index (χ4n) is 8.29. The summed E-state index contributed by atoms with van der Waals surface area (Å²) in [6, 6.07) is 24.4. The Balaban J connectivity index is 1.31. The molecule has 6 atom stereocenters. The molecule has 1 saturated carbocycles. The van der Waals surface area contributed by atoms with Crippen molar-refractivity contribution in [3.8, 4) is 5.75 Å². The number of hydrogen-bond donors (Lipinski definition) is 1. The first-order valence-electron chi connectivity index (χ1n) is 15.4. The Morgan fingerprint density at radius 1 is 0.787 bits per heavy atom. The number of phenolic OH excluding ortho intramolecular Hbond substituents is 1. The lowest BCUT2D eigenvalue weighted by Gasteiger charge is -2.51. The van der Waals surface area contributed by atoms with Crippen molar-refractivity contribution in [2.75, 3.05) is 4.90 Å². The van der Waals surface area contributed by atoms with E-state index in [9.17, 15) is 28.7 Å². The number of phenols is 1. The van der Waals surface area contributed by atoms with E-state index < -0.39 is 51.1 Å². The monoisotopic (exact) mass is 668 g/mol. The zero-order valence-electron chi connectivity index (χ0n) is 24.8. The third-order valence-electron chi connectivity index (χ3n) is 10.4. The summed E-state index contributed by atoms with van der Waals surface area (Å²) in [5.41, 5.74) is 2.12. The van der Waals surface area contributed by atoms with Crippen LogP contribution in [0.4, 0.5) is 10.1 Å². The second-order valence-corrected chi connectivity index (χ2v) is 14.0. The predicted octanol–water partition coefficient (Wildman–Crippen LogP) is 6.45. The molecule has 2 saturated heterocycles. The molecule has 4 aromatic carbocycles. The quantitative estimate of drug-likeness (QED) is 0.153. The van der Waals surface area contributed by atoms with Gasteiger partial charge in [-0.15, -0.1) is 23.2 Å². The van der Waals surface area contributed by atoms with Crippen LogP contribution in [0.3, 0.4) is 0 Å². The van der Waals surface area contributed by atoms with E-state index in [0.717, 1.165) is 22.6 Å². The van der Waals surface area contributed by atoms with Crippen LogP contribution >= 0.6 is 23.2 Å². The molecule has 2 aliphatic carbocycles. The number of allylic oxidation sites excluding steroid dienone is 2. The third kappa shape index (κ3) is 4.04. The topological polar surface area (TPSA) is 95.0 Å². The summed E-state index contributed by atoms with van der Waals surface area (Å²) in [5, 5.41) is 11.9. The van der Waals surface area contributed by atoms with E-state index in [1.54, 1.807) is 30.3 Å². The fourth-order valence-corrected chi connectivity index (χ4v) is 9.22. The number of fused-ring (bicyclic) bond motifs is 5. The Morgan fingerprint density at radius 3 is 2.19 bits per heavy atom. The van der Waals surface area contributed by atoms with Crippen LogP contribution in [0.2, 0.25) is 0 Å². The van der Waals surface area contributed by atoms with Gasteiger partial charge in [0.1, 0.15) is 11.6 Å². The average Bonchev–Trinajstić information content (AvgIpc) is 3.40. The summed E-state index contributed by atoms with van der Waals surface area (Å²) in [4.78, 5) is 55.1. The Hall–Kier alpha value is -4.53. The number of rotatable bonds is 4. The maximum absolute atomic E-state index is 14.6. The van der Waals surface area contributed by atoms with E-state index in [1.807, 2.05) is 36.4 Å². The van der Waals surface area contributed by atoms with Gasteiger partial charge in [0.15, 0.2) is 9.75 Å². The summed E-state index contributed by atoms with van der Waals surface area (Å²) in [6.07, 6.45) is 1.96. The second-order valence-electron chi connectivity index (χ2n) is 12.7. The van der Waals surface area contributed by atoms with Crippen molar-refractivity contribution < 1.29 is 28.7 Å². The number of anilines is 1. The molecule has 0 spiro atoms. The Bertz CT molecular complexity index is 2050. The summed E-state index contributed by atoms with van der Waals surface area (Å²) < 4.78 is 13.9. The zero-order valence-corrected chi connectivity index (χ0v) is 26.3. The number of benzene rings is 4. The smallest absolute Gasteiger partial charge is 0.258 e. The SMILES string of the molecule is O=C1[C@H]2[C@H](CC=C3[C@H]2C[C@@]2(Cl)C(=O)N(c4ccc(F)cc4)C(=O)[C@@]2(Cl)[C@H]3c2ccc(O)c3ccccc23)C(=O)N1Cc1ccccc1. The standard InChI is InChI=1S/C37H27Cl2FN2O5/c38-36-18-28-26(14-15-27-30(28)33(45)41(32(27)44)19-20-6-2-1-3-7-20)31(25-16-17-29(43)24-9-5-4-8-23(24)25)37(36,39)35(47)42(34(36)46)22-12-10-21(40)11-13-22/h1-14,16-17,27-28,30-31,43H,15,18-19H2/t27-,28+,30-,31-,36+,37-/m0/s1. The summed E-state index contributed by atoms with van der Waals surface area (Å²) in [5.74, 6) is -5.93. The third-order valence-corrected chi connectivity index (χ3v) is 11.8. The van der Waals surface area contributed by atoms with Crippen molar-refractivity contribution >= 4 is 63.3 Å². The minimum absolute atomic E-state index is 0.0186. The number of carbonyl (C=O) groups excluding carboxylic acids is 4. The summed E-state index contributed by atoms with van der Waals surface area (Å²) in [6.45, 7) is 0.112. The number of aromatic hydroxyl groups is 1. The number of carbonyl (C=O) groups is 4. The molecule has 4 amide bonds. The molecule has 0 unspecified atom stereocenters. The molecule has 10 heteroatoms. The van der Waals surface area contributed by atoms with Gasteiger partial charge in [0.05, 0.1) is 24.1 Å². The van der Waals surface area contributed by atoms with Gasteiger partial charge in [-0.05, 0) is 65.6 Å². The maximum Gasteiger partial charge on any atom is 0.258 e. The van der Waals surface area contributed by atoms with Gasteiger partial charge < -0.3 is 5.11 Å². The van der Waals surface area contributed by atoms with Crippen LogP contribution in [-0.4, -0.2) is 43.4 Å². The van der Waals surface area contributed by atoms with Crippen molar-refractivity contribution in [2.24, 2.45) is 17.8 Å². The molecule has 236 valence electrons. The average molecular weight is 670 g/mol.